The molecule has 3 rings (SSSR count). The van der Waals surface area contributed by atoms with Gasteiger partial charge in [0.25, 0.3) is 0 Å². The molecular formula is C17H27NS. The van der Waals surface area contributed by atoms with Crippen LogP contribution in [0.25, 0.3) is 0 Å². The monoisotopic (exact) mass is 277 g/mol. The predicted molar refractivity (Wildman–Crippen MR) is 83.6 cm³/mol. The van der Waals surface area contributed by atoms with Gasteiger partial charge in [-0.25, -0.2) is 0 Å². The second kappa shape index (κ2) is 6.90. The fourth-order valence-corrected chi connectivity index (χ4v) is 4.89. The van der Waals surface area contributed by atoms with Crippen molar-refractivity contribution in [1.82, 2.24) is 5.32 Å². The maximum Gasteiger partial charge on any atom is 0.0443 e. The van der Waals surface area contributed by atoms with Crippen LogP contribution in [0.4, 0.5) is 0 Å². The highest BCUT2D eigenvalue weighted by Gasteiger charge is 2.26. The molecule has 0 bridgehead atoms. The van der Waals surface area contributed by atoms with E-state index in [1.54, 1.807) is 4.88 Å². The molecule has 1 unspecified atom stereocenters. The minimum Gasteiger partial charge on any atom is -0.309 e. The first-order chi connectivity index (χ1) is 9.43. The van der Waals surface area contributed by atoms with E-state index in [0.29, 0.717) is 6.04 Å². The standard InChI is InChI=1S/C17H27NS/c1-2-7-14(6-1)11-12-18-17(15-8-3-4-9-15)16-10-5-13-19-16/h5,10,13-15,17-18H,1-4,6-9,11-12H2. The summed E-state index contributed by atoms with van der Waals surface area (Å²) in [5, 5.41) is 6.13. The predicted octanol–water partition coefficient (Wildman–Crippen LogP) is 5.15. The molecule has 19 heavy (non-hydrogen) atoms. The molecule has 1 atom stereocenters. The molecule has 2 saturated carbocycles. The summed E-state index contributed by atoms with van der Waals surface area (Å²) in [6.07, 6.45) is 13.0. The summed E-state index contributed by atoms with van der Waals surface area (Å²) < 4.78 is 0. The van der Waals surface area contributed by atoms with Gasteiger partial charge in [-0.1, -0.05) is 44.6 Å². The van der Waals surface area contributed by atoms with Crippen molar-refractivity contribution < 1.29 is 0 Å². The van der Waals surface area contributed by atoms with Gasteiger partial charge in [0.05, 0.1) is 0 Å². The van der Waals surface area contributed by atoms with Crippen molar-refractivity contribution in [2.45, 2.75) is 63.8 Å². The highest BCUT2D eigenvalue weighted by atomic mass is 32.1. The third-order valence-corrected chi connectivity index (χ3v) is 6.07. The maximum absolute atomic E-state index is 3.90. The summed E-state index contributed by atoms with van der Waals surface area (Å²) in [4.78, 5) is 1.57. The topological polar surface area (TPSA) is 12.0 Å². The van der Waals surface area contributed by atoms with E-state index >= 15 is 0 Å². The van der Waals surface area contributed by atoms with E-state index in [9.17, 15) is 0 Å². The quantitative estimate of drug-likeness (QED) is 0.758. The van der Waals surface area contributed by atoms with E-state index in [-0.39, 0.29) is 0 Å². The van der Waals surface area contributed by atoms with Gasteiger partial charge in [0.1, 0.15) is 0 Å². The molecule has 0 amide bonds. The van der Waals surface area contributed by atoms with Gasteiger partial charge in [0, 0.05) is 10.9 Å². The van der Waals surface area contributed by atoms with Crippen LogP contribution in [0.3, 0.4) is 0 Å². The van der Waals surface area contributed by atoms with Crippen LogP contribution in [-0.4, -0.2) is 6.54 Å². The lowest BCUT2D eigenvalue weighted by atomic mass is 9.96. The Hall–Kier alpha value is -0.340. The first-order valence-corrected chi connectivity index (χ1v) is 9.08. The van der Waals surface area contributed by atoms with Gasteiger partial charge in [0.2, 0.25) is 0 Å². The van der Waals surface area contributed by atoms with Gasteiger partial charge < -0.3 is 5.32 Å². The molecule has 0 radical (unpaired) electrons. The van der Waals surface area contributed by atoms with E-state index in [0.717, 1.165) is 11.8 Å². The van der Waals surface area contributed by atoms with Crippen molar-refractivity contribution >= 4 is 11.3 Å². The molecule has 1 N–H and O–H groups in total. The van der Waals surface area contributed by atoms with E-state index in [2.05, 4.69) is 22.8 Å². The van der Waals surface area contributed by atoms with E-state index < -0.39 is 0 Å². The number of nitrogens with one attached hydrogen (secondary N) is 1. The van der Waals surface area contributed by atoms with Gasteiger partial charge >= 0.3 is 0 Å². The third-order valence-electron chi connectivity index (χ3n) is 5.11. The van der Waals surface area contributed by atoms with Crippen molar-refractivity contribution in [1.29, 1.82) is 0 Å². The minimum atomic E-state index is 0.643. The molecule has 2 heteroatoms. The summed E-state index contributed by atoms with van der Waals surface area (Å²) in [6.45, 7) is 1.23. The average Bonchev–Trinajstić information content (AvgIpc) is 3.15. The molecule has 1 nitrogen and oxygen atoms in total. The van der Waals surface area contributed by atoms with Crippen molar-refractivity contribution in [3.05, 3.63) is 22.4 Å². The zero-order chi connectivity index (χ0) is 12.9. The van der Waals surface area contributed by atoms with Gasteiger partial charge in [-0.15, -0.1) is 11.3 Å². The Morgan fingerprint density at radius 1 is 1.11 bits per heavy atom. The zero-order valence-electron chi connectivity index (χ0n) is 11.9. The average molecular weight is 277 g/mol. The largest absolute Gasteiger partial charge is 0.309 e. The van der Waals surface area contributed by atoms with Crippen LogP contribution in [0.5, 0.6) is 0 Å². The molecule has 106 valence electrons. The van der Waals surface area contributed by atoms with Gasteiger partial charge in [0.15, 0.2) is 0 Å². The summed E-state index contributed by atoms with van der Waals surface area (Å²) in [5.74, 6) is 1.90. The summed E-state index contributed by atoms with van der Waals surface area (Å²) in [5.41, 5.74) is 0. The molecule has 0 aliphatic heterocycles. The van der Waals surface area contributed by atoms with Crippen molar-refractivity contribution in [3.63, 3.8) is 0 Å². The van der Waals surface area contributed by atoms with Crippen LogP contribution in [0.15, 0.2) is 17.5 Å². The van der Waals surface area contributed by atoms with Crippen LogP contribution in [0.1, 0.15) is 68.7 Å². The molecule has 2 aliphatic rings. The van der Waals surface area contributed by atoms with E-state index in [1.807, 2.05) is 11.3 Å². The number of thiophene rings is 1. The Balaban J connectivity index is 1.53. The van der Waals surface area contributed by atoms with Crippen LogP contribution < -0.4 is 5.32 Å². The first-order valence-electron chi connectivity index (χ1n) is 8.20. The van der Waals surface area contributed by atoms with Gasteiger partial charge in [-0.05, 0) is 49.1 Å². The van der Waals surface area contributed by atoms with E-state index in [1.165, 1.54) is 64.3 Å². The van der Waals surface area contributed by atoms with Crippen LogP contribution in [-0.2, 0) is 0 Å². The van der Waals surface area contributed by atoms with Crippen LogP contribution >= 0.6 is 11.3 Å². The Morgan fingerprint density at radius 3 is 2.53 bits per heavy atom. The summed E-state index contributed by atoms with van der Waals surface area (Å²) in [7, 11) is 0. The van der Waals surface area contributed by atoms with Crippen LogP contribution in [0.2, 0.25) is 0 Å². The van der Waals surface area contributed by atoms with Crippen LogP contribution in [0, 0.1) is 11.8 Å². The highest BCUT2D eigenvalue weighted by Crippen LogP contribution is 2.37. The lowest BCUT2D eigenvalue weighted by Gasteiger charge is -2.24. The summed E-state index contributed by atoms with van der Waals surface area (Å²) >= 11 is 1.94. The molecule has 2 aliphatic carbocycles. The zero-order valence-corrected chi connectivity index (χ0v) is 12.8. The van der Waals surface area contributed by atoms with Gasteiger partial charge in [-0.3, -0.25) is 0 Å². The second-order valence-electron chi connectivity index (χ2n) is 6.43. The lowest BCUT2D eigenvalue weighted by molar-refractivity contribution is 0.355. The number of hydrogen-bond acceptors (Lipinski definition) is 2. The number of hydrogen-bond donors (Lipinski definition) is 1. The molecule has 2 fully saturated rings. The molecule has 0 aromatic carbocycles. The maximum atomic E-state index is 3.90. The van der Waals surface area contributed by atoms with Crippen molar-refractivity contribution in [3.8, 4) is 0 Å². The minimum absolute atomic E-state index is 0.643. The van der Waals surface area contributed by atoms with Gasteiger partial charge in [-0.2, -0.15) is 0 Å². The SMILES string of the molecule is c1csc(C(NCCC2CCCC2)C2CCCC2)c1. The Labute approximate surface area is 121 Å². The molecule has 0 spiro atoms. The fraction of sp³-hybridized carbons (Fsp3) is 0.765. The molecule has 0 saturated heterocycles. The molecule has 1 aromatic heterocycles. The van der Waals surface area contributed by atoms with E-state index in [4.69, 9.17) is 0 Å². The second-order valence-corrected chi connectivity index (χ2v) is 7.41. The molecule has 1 heterocycles. The molecular weight excluding hydrogens is 250 g/mol. The van der Waals surface area contributed by atoms with Crippen molar-refractivity contribution in [2.75, 3.05) is 6.54 Å². The van der Waals surface area contributed by atoms with Crippen molar-refractivity contribution in [2.24, 2.45) is 11.8 Å². The lowest BCUT2D eigenvalue weighted by Crippen LogP contribution is -2.28. The first kappa shape index (κ1) is 13.6. The normalized spacial score (nSPS) is 23.2. The Kier molecular flexibility index (Phi) is 4.95. The highest BCUT2D eigenvalue weighted by molar-refractivity contribution is 7.10. The summed E-state index contributed by atoms with van der Waals surface area (Å²) in [6, 6.07) is 5.18. The Bertz CT molecular complexity index is 347. The molecule has 1 aromatic rings. The third kappa shape index (κ3) is 3.61. The Morgan fingerprint density at radius 2 is 1.84 bits per heavy atom. The fourth-order valence-electron chi connectivity index (χ4n) is 4.00. The number of rotatable bonds is 6. The smallest absolute Gasteiger partial charge is 0.0443 e.